The average molecular weight is 611 g/mol. The highest BCUT2D eigenvalue weighted by molar-refractivity contribution is 5.39. The van der Waals surface area contributed by atoms with Gasteiger partial charge in [-0.15, -0.1) is 5.10 Å². The normalized spacial score (nSPS) is 15.3. The molecule has 1 aromatic carbocycles. The Balaban J connectivity index is 1.68. The number of nitrogens with zero attached hydrogens (tertiary/aromatic N) is 6. The largest absolute Gasteiger partial charge is 0.417 e. The van der Waals surface area contributed by atoms with Crippen LogP contribution >= 0.6 is 0 Å². The Morgan fingerprint density at radius 2 is 1.45 bits per heavy atom. The van der Waals surface area contributed by atoms with Crippen LogP contribution in [-0.4, -0.2) is 31.8 Å². The molecule has 0 spiro atoms. The van der Waals surface area contributed by atoms with E-state index < -0.39 is 53.9 Å². The maximum Gasteiger partial charge on any atom is 0.417 e. The van der Waals surface area contributed by atoms with Crippen molar-refractivity contribution in [2.75, 3.05) is 11.5 Å². The van der Waals surface area contributed by atoms with Crippen molar-refractivity contribution >= 4 is 5.95 Å². The molecule has 1 aliphatic carbocycles. The van der Waals surface area contributed by atoms with Crippen molar-refractivity contribution in [1.82, 2.24) is 25.2 Å². The maximum atomic E-state index is 13.6. The van der Waals surface area contributed by atoms with Crippen molar-refractivity contribution in [3.8, 4) is 0 Å². The Morgan fingerprint density at radius 3 is 2.00 bits per heavy atom. The zero-order valence-electron chi connectivity index (χ0n) is 22.3. The molecule has 0 aliphatic heterocycles. The van der Waals surface area contributed by atoms with Crippen LogP contribution in [0.1, 0.15) is 65.6 Å². The van der Waals surface area contributed by atoms with Crippen LogP contribution in [0.5, 0.6) is 0 Å². The van der Waals surface area contributed by atoms with Crippen LogP contribution in [-0.2, 0) is 50.0 Å². The lowest BCUT2D eigenvalue weighted by molar-refractivity contribution is -0.143. The van der Waals surface area contributed by atoms with Crippen molar-refractivity contribution in [1.29, 1.82) is 0 Å². The molecule has 2 heterocycles. The number of benzene rings is 1. The third-order valence-corrected chi connectivity index (χ3v) is 6.87. The second kappa shape index (κ2) is 12.4. The lowest BCUT2D eigenvalue weighted by Crippen LogP contribution is -2.26. The summed E-state index contributed by atoms with van der Waals surface area (Å²) in [6.07, 6.45) is -9.10. The average Bonchev–Trinajstić information content (AvgIpc) is 3.34. The van der Waals surface area contributed by atoms with Gasteiger partial charge in [-0.05, 0) is 59.4 Å². The summed E-state index contributed by atoms with van der Waals surface area (Å²) in [6.45, 7) is -0.824. The SMILES string of the molecule is Cn1nnc(N(Cc2cc(C(F)(F)F)cc(C(F)(F)F)c2)Cc2cc(C(F)(F)F)cnc2COCC2CCCCC2)n1. The summed E-state index contributed by atoms with van der Waals surface area (Å²) in [7, 11) is 1.37. The molecule has 0 atom stereocenters. The fraction of sp³-hybridized carbons (Fsp3) is 0.538. The van der Waals surface area contributed by atoms with Crippen molar-refractivity contribution in [2.24, 2.45) is 13.0 Å². The molecule has 1 aliphatic rings. The van der Waals surface area contributed by atoms with Crippen molar-refractivity contribution < 1.29 is 44.3 Å². The predicted octanol–water partition coefficient (Wildman–Crippen LogP) is 6.97. The molecule has 4 rings (SSSR count). The van der Waals surface area contributed by atoms with Gasteiger partial charge in [-0.25, -0.2) is 0 Å². The van der Waals surface area contributed by atoms with Crippen LogP contribution in [0.3, 0.4) is 0 Å². The molecule has 0 saturated heterocycles. The van der Waals surface area contributed by atoms with Gasteiger partial charge in [0.05, 0.1) is 36.0 Å². The minimum Gasteiger partial charge on any atom is -0.375 e. The van der Waals surface area contributed by atoms with E-state index in [1.165, 1.54) is 7.05 Å². The molecule has 0 amide bonds. The van der Waals surface area contributed by atoms with E-state index >= 15 is 0 Å². The standard InChI is InChI=1S/C26H27F9N6O/c1-40-38-23(37-39-40)41(12-17-7-19(24(27,28)29)10-20(8-17)25(30,31)32)13-18-9-21(26(33,34)35)11-36-22(18)15-42-14-16-5-3-2-4-6-16/h7-11,16H,2-6,12-15H2,1H3. The molecule has 0 bridgehead atoms. The number of hydrogen-bond acceptors (Lipinski definition) is 6. The van der Waals surface area contributed by atoms with Gasteiger partial charge in [-0.1, -0.05) is 24.4 Å². The van der Waals surface area contributed by atoms with E-state index in [9.17, 15) is 39.5 Å². The molecule has 3 aromatic rings. The molecule has 1 fully saturated rings. The fourth-order valence-electron chi connectivity index (χ4n) is 4.77. The molecule has 2 aromatic heterocycles. The van der Waals surface area contributed by atoms with Gasteiger partial charge in [0.1, 0.15) is 0 Å². The number of pyridine rings is 1. The molecular weight excluding hydrogens is 583 g/mol. The third-order valence-electron chi connectivity index (χ3n) is 6.87. The van der Waals surface area contributed by atoms with Crippen LogP contribution in [0.15, 0.2) is 30.5 Å². The van der Waals surface area contributed by atoms with E-state index in [0.29, 0.717) is 30.9 Å². The van der Waals surface area contributed by atoms with Crippen LogP contribution in [0, 0.1) is 5.92 Å². The smallest absolute Gasteiger partial charge is 0.375 e. The number of aryl methyl sites for hydroxylation is 1. The van der Waals surface area contributed by atoms with Gasteiger partial charge in [0, 0.05) is 25.9 Å². The Morgan fingerprint density at radius 1 is 0.833 bits per heavy atom. The van der Waals surface area contributed by atoms with Crippen molar-refractivity contribution in [2.45, 2.75) is 70.3 Å². The van der Waals surface area contributed by atoms with Crippen LogP contribution < -0.4 is 4.90 Å². The van der Waals surface area contributed by atoms with E-state index in [2.05, 4.69) is 20.4 Å². The second-order valence-electron chi connectivity index (χ2n) is 10.2. The predicted molar refractivity (Wildman–Crippen MR) is 131 cm³/mol. The monoisotopic (exact) mass is 610 g/mol. The Bertz CT molecular complexity index is 1320. The van der Waals surface area contributed by atoms with E-state index in [-0.39, 0.29) is 29.9 Å². The van der Waals surface area contributed by atoms with E-state index in [1.807, 2.05) is 0 Å². The molecule has 230 valence electrons. The maximum absolute atomic E-state index is 13.6. The highest BCUT2D eigenvalue weighted by Gasteiger charge is 2.37. The lowest BCUT2D eigenvalue weighted by Gasteiger charge is -2.24. The van der Waals surface area contributed by atoms with Crippen molar-refractivity contribution in [3.05, 3.63) is 64.0 Å². The number of anilines is 1. The quantitative estimate of drug-likeness (QED) is 0.244. The number of ether oxygens (including phenoxy) is 1. The minimum absolute atomic E-state index is 0.00705. The first kappa shape index (κ1) is 31.5. The highest BCUT2D eigenvalue weighted by Crippen LogP contribution is 2.37. The molecular formula is C26H27F9N6O. The first-order valence-corrected chi connectivity index (χ1v) is 13.0. The molecule has 0 N–H and O–H groups in total. The summed E-state index contributed by atoms with van der Waals surface area (Å²) in [5.74, 6) is 0.0793. The highest BCUT2D eigenvalue weighted by atomic mass is 19.4. The van der Waals surface area contributed by atoms with Gasteiger partial charge in [-0.3, -0.25) is 4.98 Å². The number of alkyl halides is 9. The van der Waals surface area contributed by atoms with Gasteiger partial charge < -0.3 is 9.64 Å². The van der Waals surface area contributed by atoms with Crippen LogP contribution in [0.25, 0.3) is 0 Å². The van der Waals surface area contributed by atoms with E-state index in [1.54, 1.807) is 0 Å². The second-order valence-corrected chi connectivity index (χ2v) is 10.2. The third kappa shape index (κ3) is 8.32. The van der Waals surface area contributed by atoms with Gasteiger partial charge in [-0.2, -0.15) is 44.3 Å². The van der Waals surface area contributed by atoms with E-state index in [0.717, 1.165) is 47.9 Å². The molecule has 42 heavy (non-hydrogen) atoms. The molecule has 7 nitrogen and oxygen atoms in total. The Hall–Kier alpha value is -3.43. The van der Waals surface area contributed by atoms with Gasteiger partial charge >= 0.3 is 18.5 Å². The number of rotatable bonds is 9. The van der Waals surface area contributed by atoms with Gasteiger partial charge in [0.2, 0.25) is 0 Å². The fourth-order valence-corrected chi connectivity index (χ4v) is 4.77. The summed E-state index contributed by atoms with van der Waals surface area (Å²) in [5, 5.41) is 11.4. The molecule has 0 unspecified atom stereocenters. The topological polar surface area (TPSA) is 69.0 Å². The number of tetrazole rings is 1. The van der Waals surface area contributed by atoms with Crippen LogP contribution in [0.2, 0.25) is 0 Å². The summed E-state index contributed by atoms with van der Waals surface area (Å²) >= 11 is 0. The zero-order chi connectivity index (χ0) is 30.7. The first-order chi connectivity index (χ1) is 19.6. The summed E-state index contributed by atoms with van der Waals surface area (Å²) in [5.41, 5.74) is -4.44. The lowest BCUT2D eigenvalue weighted by atomic mass is 9.90. The van der Waals surface area contributed by atoms with Gasteiger partial charge in [0.25, 0.3) is 5.95 Å². The first-order valence-electron chi connectivity index (χ1n) is 13.0. The molecule has 1 saturated carbocycles. The van der Waals surface area contributed by atoms with E-state index in [4.69, 9.17) is 4.74 Å². The summed E-state index contributed by atoms with van der Waals surface area (Å²) < 4.78 is 127. The summed E-state index contributed by atoms with van der Waals surface area (Å²) in [4.78, 5) is 6.07. The van der Waals surface area contributed by atoms with Crippen molar-refractivity contribution in [3.63, 3.8) is 0 Å². The van der Waals surface area contributed by atoms with Crippen LogP contribution in [0.4, 0.5) is 45.5 Å². The minimum atomic E-state index is -5.08. The van der Waals surface area contributed by atoms with Gasteiger partial charge in [0.15, 0.2) is 0 Å². The molecule has 16 heteroatoms. The number of aromatic nitrogens is 5. The Labute approximate surface area is 234 Å². The Kier molecular flexibility index (Phi) is 9.33. The molecule has 0 radical (unpaired) electrons. The zero-order valence-corrected chi connectivity index (χ0v) is 22.3. The summed E-state index contributed by atoms with van der Waals surface area (Å²) in [6, 6.07) is 1.89. The number of halogens is 9. The number of hydrogen-bond donors (Lipinski definition) is 0.